The number of rotatable bonds is 7. The normalized spacial score (nSPS) is 18.9. The fourth-order valence-electron chi connectivity index (χ4n) is 3.66. The van der Waals surface area contributed by atoms with Crippen molar-refractivity contribution in [1.29, 1.82) is 0 Å². The molecule has 1 saturated heterocycles. The van der Waals surface area contributed by atoms with E-state index in [-0.39, 0.29) is 17.8 Å². The lowest BCUT2D eigenvalue weighted by Crippen LogP contribution is -3.11. The highest BCUT2D eigenvalue weighted by Gasteiger charge is 2.29. The lowest BCUT2D eigenvalue weighted by molar-refractivity contribution is -0.919. The molecule has 1 aromatic carbocycles. The first kappa shape index (κ1) is 21.3. The van der Waals surface area contributed by atoms with Crippen LogP contribution < -0.4 is 14.5 Å². The molecule has 0 atom stereocenters. The van der Waals surface area contributed by atoms with Crippen molar-refractivity contribution in [1.82, 2.24) is 4.98 Å². The van der Waals surface area contributed by atoms with Crippen molar-refractivity contribution >= 4 is 34.0 Å². The summed E-state index contributed by atoms with van der Waals surface area (Å²) >= 11 is 1.45. The molecule has 0 saturated carbocycles. The molecule has 2 aromatic rings. The number of likely N-dealkylation sites (tertiary alicyclic amines) is 1. The molecule has 0 radical (unpaired) electrons. The maximum Gasteiger partial charge on any atom is 0.309 e. The van der Waals surface area contributed by atoms with Crippen LogP contribution in [-0.4, -0.2) is 43.7 Å². The third kappa shape index (κ3) is 5.13. The minimum atomic E-state index is -0.113. The van der Waals surface area contributed by atoms with Crippen LogP contribution in [-0.2, 0) is 20.9 Å². The average molecular weight is 419 g/mol. The third-order valence-electron chi connectivity index (χ3n) is 5.12. The summed E-state index contributed by atoms with van der Waals surface area (Å²) in [6.45, 7) is 6.42. The molecule has 1 fully saturated rings. The smallest absolute Gasteiger partial charge is 0.309 e. The average Bonchev–Trinajstić information content (AvgIpc) is 3.16. The number of benzene rings is 1. The molecule has 1 amide bonds. The second-order valence-corrected chi connectivity index (χ2v) is 7.94. The van der Waals surface area contributed by atoms with Gasteiger partial charge in [-0.1, -0.05) is 12.1 Å². The summed E-state index contributed by atoms with van der Waals surface area (Å²) in [7, 11) is 1.59. The van der Waals surface area contributed by atoms with Gasteiger partial charge >= 0.3 is 5.97 Å². The number of methoxy groups -OCH3 is 1. The number of anilines is 2. The number of hydrogen-bond acceptors (Lipinski definition) is 6. The minimum Gasteiger partial charge on any atom is -0.495 e. The van der Waals surface area contributed by atoms with E-state index in [0.717, 1.165) is 38.2 Å². The SMILES string of the molecule is CCOC(=O)C1CC[NH+](Cc2csc(N(C(C)=O)c3ccccc3OC)n2)CC1. The van der Waals surface area contributed by atoms with Gasteiger partial charge in [0.05, 0.1) is 38.4 Å². The summed E-state index contributed by atoms with van der Waals surface area (Å²) in [5.74, 6) is 0.462. The van der Waals surface area contributed by atoms with Crippen molar-refractivity contribution in [3.63, 3.8) is 0 Å². The van der Waals surface area contributed by atoms with E-state index < -0.39 is 0 Å². The van der Waals surface area contributed by atoms with Gasteiger partial charge < -0.3 is 14.4 Å². The molecule has 2 heterocycles. The molecule has 1 aromatic heterocycles. The number of hydrogen-bond donors (Lipinski definition) is 1. The van der Waals surface area contributed by atoms with Gasteiger partial charge in [0.15, 0.2) is 5.13 Å². The van der Waals surface area contributed by atoms with Crippen LogP contribution in [0.2, 0.25) is 0 Å². The van der Waals surface area contributed by atoms with Crippen LogP contribution in [0.1, 0.15) is 32.4 Å². The predicted molar refractivity (Wildman–Crippen MR) is 112 cm³/mol. The van der Waals surface area contributed by atoms with E-state index in [1.54, 1.807) is 12.0 Å². The van der Waals surface area contributed by atoms with Crippen molar-refractivity contribution in [2.75, 3.05) is 31.7 Å². The Hall–Kier alpha value is -2.45. The second kappa shape index (κ2) is 9.84. The van der Waals surface area contributed by atoms with E-state index in [1.165, 1.54) is 23.2 Å². The van der Waals surface area contributed by atoms with Crippen LogP contribution in [0, 0.1) is 5.92 Å². The summed E-state index contributed by atoms with van der Waals surface area (Å²) in [5.41, 5.74) is 1.64. The molecule has 1 N–H and O–H groups in total. The Labute approximate surface area is 175 Å². The molecule has 8 heteroatoms. The standard InChI is InChI=1S/C21H27N3O4S/c1-4-28-20(26)16-9-11-23(12-10-16)13-17-14-29-21(22-17)24(15(2)25)18-7-5-6-8-19(18)27-3/h5-8,14,16H,4,9-13H2,1-3H3/p+1. The Bertz CT molecular complexity index is 846. The molecule has 3 rings (SSSR count). The van der Waals surface area contributed by atoms with Crippen molar-refractivity contribution in [2.24, 2.45) is 5.92 Å². The zero-order valence-electron chi connectivity index (χ0n) is 17.1. The molecule has 29 heavy (non-hydrogen) atoms. The number of amides is 1. The zero-order chi connectivity index (χ0) is 20.8. The maximum atomic E-state index is 12.4. The Balaban J connectivity index is 1.67. The quantitative estimate of drug-likeness (QED) is 0.698. The molecule has 0 bridgehead atoms. The van der Waals surface area contributed by atoms with Crippen LogP contribution >= 0.6 is 11.3 Å². The number of aromatic nitrogens is 1. The van der Waals surface area contributed by atoms with Crippen LogP contribution in [0.25, 0.3) is 0 Å². The van der Waals surface area contributed by atoms with E-state index in [4.69, 9.17) is 14.5 Å². The minimum absolute atomic E-state index is 0.0171. The Morgan fingerprint density at radius 1 is 1.28 bits per heavy atom. The van der Waals surface area contributed by atoms with Crippen molar-refractivity contribution in [3.05, 3.63) is 35.3 Å². The van der Waals surface area contributed by atoms with Crippen LogP contribution in [0.4, 0.5) is 10.8 Å². The zero-order valence-corrected chi connectivity index (χ0v) is 18.0. The van der Waals surface area contributed by atoms with Gasteiger partial charge in [0.25, 0.3) is 0 Å². The first-order chi connectivity index (χ1) is 14.0. The van der Waals surface area contributed by atoms with Gasteiger partial charge in [0.2, 0.25) is 5.91 Å². The largest absolute Gasteiger partial charge is 0.495 e. The summed E-state index contributed by atoms with van der Waals surface area (Å²) < 4.78 is 10.6. The van der Waals surface area contributed by atoms with Gasteiger partial charge in [-0.15, -0.1) is 11.3 Å². The van der Waals surface area contributed by atoms with Gasteiger partial charge in [-0.3, -0.25) is 14.5 Å². The summed E-state index contributed by atoms with van der Waals surface area (Å²) in [6, 6.07) is 7.43. The van der Waals surface area contributed by atoms with Crippen LogP contribution in [0.5, 0.6) is 5.75 Å². The van der Waals surface area contributed by atoms with Crippen molar-refractivity contribution < 1.29 is 24.0 Å². The van der Waals surface area contributed by atoms with Crippen LogP contribution in [0.3, 0.4) is 0 Å². The molecule has 1 aliphatic heterocycles. The van der Waals surface area contributed by atoms with Gasteiger partial charge in [0, 0.05) is 25.1 Å². The maximum absolute atomic E-state index is 12.4. The molecule has 0 spiro atoms. The second-order valence-electron chi connectivity index (χ2n) is 7.10. The number of quaternary nitrogens is 1. The molecule has 0 unspecified atom stereocenters. The third-order valence-corrected chi connectivity index (χ3v) is 5.99. The Morgan fingerprint density at radius 3 is 2.66 bits per heavy atom. The van der Waals surface area contributed by atoms with Gasteiger partial charge in [0.1, 0.15) is 18.0 Å². The fraction of sp³-hybridized carbons (Fsp3) is 0.476. The number of esters is 1. The number of para-hydroxylation sites is 2. The van der Waals surface area contributed by atoms with E-state index in [9.17, 15) is 9.59 Å². The highest BCUT2D eigenvalue weighted by atomic mass is 32.1. The fourth-order valence-corrected chi connectivity index (χ4v) is 4.54. The van der Waals surface area contributed by atoms with E-state index in [2.05, 4.69) is 0 Å². The lowest BCUT2D eigenvalue weighted by Gasteiger charge is -2.27. The number of carbonyl (C=O) groups is 2. The van der Waals surface area contributed by atoms with Gasteiger partial charge in [-0.2, -0.15) is 0 Å². The van der Waals surface area contributed by atoms with Crippen LogP contribution in [0.15, 0.2) is 29.6 Å². The molecule has 1 aliphatic rings. The molecular formula is C21H28N3O4S+. The van der Waals surface area contributed by atoms with Gasteiger partial charge in [-0.25, -0.2) is 4.98 Å². The predicted octanol–water partition coefficient (Wildman–Crippen LogP) is 2.19. The van der Waals surface area contributed by atoms with Crippen molar-refractivity contribution in [2.45, 2.75) is 33.2 Å². The number of nitrogens with zero attached hydrogens (tertiary/aromatic N) is 2. The molecule has 7 nitrogen and oxygen atoms in total. The number of thiazole rings is 1. The first-order valence-electron chi connectivity index (χ1n) is 9.91. The lowest BCUT2D eigenvalue weighted by atomic mass is 9.97. The van der Waals surface area contributed by atoms with E-state index in [0.29, 0.717) is 23.2 Å². The molecular weight excluding hydrogens is 390 g/mol. The number of piperidine rings is 1. The Kier molecular flexibility index (Phi) is 7.22. The number of nitrogens with one attached hydrogen (secondary N) is 1. The number of carbonyl (C=O) groups excluding carboxylic acids is 2. The van der Waals surface area contributed by atoms with Gasteiger partial charge in [-0.05, 0) is 19.1 Å². The molecule has 156 valence electrons. The van der Waals surface area contributed by atoms with E-state index >= 15 is 0 Å². The number of ether oxygens (including phenoxy) is 2. The van der Waals surface area contributed by atoms with E-state index in [1.807, 2.05) is 36.6 Å². The monoisotopic (exact) mass is 418 g/mol. The topological polar surface area (TPSA) is 73.2 Å². The Morgan fingerprint density at radius 2 is 2.00 bits per heavy atom. The summed E-state index contributed by atoms with van der Waals surface area (Å²) in [4.78, 5) is 32.0. The highest BCUT2D eigenvalue weighted by molar-refractivity contribution is 7.14. The summed E-state index contributed by atoms with van der Waals surface area (Å²) in [5, 5.41) is 2.64. The first-order valence-corrected chi connectivity index (χ1v) is 10.8. The summed E-state index contributed by atoms with van der Waals surface area (Å²) in [6.07, 6.45) is 1.68. The van der Waals surface area contributed by atoms with Crippen molar-refractivity contribution in [3.8, 4) is 5.75 Å². The molecule has 0 aliphatic carbocycles. The highest BCUT2D eigenvalue weighted by Crippen LogP contribution is 2.35.